The van der Waals surface area contributed by atoms with E-state index in [0.717, 1.165) is 17.9 Å². The first-order valence-electron chi connectivity index (χ1n) is 9.96. The van der Waals surface area contributed by atoms with Gasteiger partial charge in [-0.25, -0.2) is 8.42 Å². The molecular weight excluding hydrogens is 392 g/mol. The average molecular weight is 419 g/mol. The summed E-state index contributed by atoms with van der Waals surface area (Å²) in [5.74, 6) is 1.92. The Kier molecular flexibility index (Phi) is 5.82. The molecule has 0 amide bonds. The fourth-order valence-corrected chi connectivity index (χ4v) is 5.06. The van der Waals surface area contributed by atoms with Crippen LogP contribution in [0.1, 0.15) is 13.3 Å². The minimum atomic E-state index is -3.59. The number of rotatable bonds is 5. The lowest BCUT2D eigenvalue weighted by Gasteiger charge is -2.36. The van der Waals surface area contributed by atoms with Crippen molar-refractivity contribution < 1.29 is 22.6 Å². The van der Waals surface area contributed by atoms with Crippen molar-refractivity contribution in [3.8, 4) is 17.2 Å². The molecule has 2 aliphatic rings. The Morgan fingerprint density at radius 1 is 0.966 bits per heavy atom. The third-order valence-corrected chi connectivity index (χ3v) is 7.00. The predicted octanol–water partition coefficient (Wildman–Crippen LogP) is 2.76. The van der Waals surface area contributed by atoms with Gasteiger partial charge in [0.2, 0.25) is 10.0 Å². The first kappa shape index (κ1) is 19.8. The molecule has 156 valence electrons. The highest BCUT2D eigenvalue weighted by atomic mass is 32.2. The summed E-state index contributed by atoms with van der Waals surface area (Å²) in [6.07, 6.45) is 0.780. The summed E-state index contributed by atoms with van der Waals surface area (Å²) in [4.78, 5) is 2.41. The highest BCUT2D eigenvalue weighted by Gasteiger charge is 2.30. The number of anilines is 1. The van der Waals surface area contributed by atoms with Gasteiger partial charge in [-0.15, -0.1) is 0 Å². The molecule has 1 saturated heterocycles. The van der Waals surface area contributed by atoms with Gasteiger partial charge in [0, 0.05) is 38.7 Å². The van der Waals surface area contributed by atoms with Crippen LogP contribution in [-0.4, -0.2) is 58.7 Å². The monoisotopic (exact) mass is 418 g/mol. The Morgan fingerprint density at radius 2 is 1.69 bits per heavy atom. The lowest BCUT2D eigenvalue weighted by Crippen LogP contribution is -2.48. The molecule has 0 bridgehead atoms. The van der Waals surface area contributed by atoms with Crippen LogP contribution in [0.15, 0.2) is 47.4 Å². The van der Waals surface area contributed by atoms with Crippen molar-refractivity contribution in [3.05, 3.63) is 42.5 Å². The van der Waals surface area contributed by atoms with Crippen LogP contribution in [-0.2, 0) is 10.0 Å². The maximum Gasteiger partial charge on any atom is 0.243 e. The Bertz CT molecular complexity index is 955. The number of nitrogens with zero attached hydrogens (tertiary/aromatic N) is 2. The highest BCUT2D eigenvalue weighted by Crippen LogP contribution is 2.34. The third kappa shape index (κ3) is 4.13. The van der Waals surface area contributed by atoms with E-state index < -0.39 is 10.0 Å². The van der Waals surface area contributed by atoms with Crippen molar-refractivity contribution in [2.45, 2.75) is 18.2 Å². The van der Waals surface area contributed by atoms with Crippen molar-refractivity contribution in [2.75, 3.05) is 50.9 Å². The second kappa shape index (κ2) is 8.51. The Labute approximate surface area is 171 Å². The van der Waals surface area contributed by atoms with Gasteiger partial charge in [-0.1, -0.05) is 12.1 Å². The maximum absolute atomic E-state index is 13.2. The predicted molar refractivity (Wildman–Crippen MR) is 111 cm³/mol. The smallest absolute Gasteiger partial charge is 0.243 e. The summed E-state index contributed by atoms with van der Waals surface area (Å²) in [6.45, 7) is 5.68. The first-order valence-corrected chi connectivity index (χ1v) is 11.4. The van der Waals surface area contributed by atoms with Gasteiger partial charge < -0.3 is 19.1 Å². The quantitative estimate of drug-likeness (QED) is 0.744. The largest absolute Gasteiger partial charge is 0.492 e. The summed E-state index contributed by atoms with van der Waals surface area (Å²) < 4.78 is 44.8. The Hall–Kier alpha value is -2.45. The van der Waals surface area contributed by atoms with Gasteiger partial charge in [-0.2, -0.15) is 4.31 Å². The zero-order valence-corrected chi connectivity index (χ0v) is 17.4. The van der Waals surface area contributed by atoms with Crippen LogP contribution < -0.4 is 19.1 Å². The summed E-state index contributed by atoms with van der Waals surface area (Å²) >= 11 is 0. The van der Waals surface area contributed by atoms with Crippen molar-refractivity contribution >= 4 is 15.7 Å². The molecule has 0 atom stereocenters. The third-order valence-electron chi connectivity index (χ3n) is 5.10. The number of hydrogen-bond acceptors (Lipinski definition) is 6. The van der Waals surface area contributed by atoms with Crippen molar-refractivity contribution in [1.82, 2.24) is 4.31 Å². The van der Waals surface area contributed by atoms with Crippen LogP contribution in [0.2, 0.25) is 0 Å². The van der Waals surface area contributed by atoms with E-state index in [1.165, 1.54) is 4.31 Å². The van der Waals surface area contributed by atoms with Crippen LogP contribution in [0.25, 0.3) is 0 Å². The van der Waals surface area contributed by atoms with Crippen LogP contribution in [0, 0.1) is 0 Å². The highest BCUT2D eigenvalue weighted by molar-refractivity contribution is 7.89. The molecule has 7 nitrogen and oxygen atoms in total. The fourth-order valence-electron chi connectivity index (χ4n) is 3.62. The van der Waals surface area contributed by atoms with E-state index in [1.807, 2.05) is 31.2 Å². The molecule has 0 aromatic heterocycles. The number of para-hydroxylation sites is 2. The molecule has 0 radical (unpaired) electrons. The van der Waals surface area contributed by atoms with E-state index >= 15 is 0 Å². The van der Waals surface area contributed by atoms with E-state index in [1.54, 1.807) is 18.2 Å². The maximum atomic E-state index is 13.2. The molecule has 0 aliphatic carbocycles. The molecular formula is C21H26N2O5S. The van der Waals surface area contributed by atoms with Gasteiger partial charge in [0.25, 0.3) is 0 Å². The molecule has 4 rings (SSSR count). The molecule has 2 aromatic carbocycles. The van der Waals surface area contributed by atoms with Gasteiger partial charge >= 0.3 is 0 Å². The topological polar surface area (TPSA) is 68.3 Å². The molecule has 0 saturated carbocycles. The SMILES string of the molecule is CCOc1ccccc1N1CCN(S(=O)(=O)c2ccc3c(c2)OCCCO3)CC1. The zero-order valence-electron chi connectivity index (χ0n) is 16.5. The van der Waals surface area contributed by atoms with E-state index in [-0.39, 0.29) is 4.90 Å². The summed E-state index contributed by atoms with van der Waals surface area (Å²) in [7, 11) is -3.59. The van der Waals surface area contributed by atoms with E-state index in [0.29, 0.717) is 57.5 Å². The van der Waals surface area contributed by atoms with Crippen LogP contribution in [0.3, 0.4) is 0 Å². The lowest BCUT2D eigenvalue weighted by atomic mass is 10.2. The number of fused-ring (bicyclic) bond motifs is 1. The molecule has 1 fully saturated rings. The minimum absolute atomic E-state index is 0.241. The molecule has 2 heterocycles. The second-order valence-corrected chi connectivity index (χ2v) is 8.89. The molecule has 2 aromatic rings. The van der Waals surface area contributed by atoms with E-state index in [9.17, 15) is 8.42 Å². The molecule has 0 spiro atoms. The summed E-state index contributed by atoms with van der Waals surface area (Å²) in [5.41, 5.74) is 1.00. The summed E-state index contributed by atoms with van der Waals surface area (Å²) in [5, 5.41) is 0. The Balaban J connectivity index is 1.49. The van der Waals surface area contributed by atoms with E-state index in [4.69, 9.17) is 14.2 Å². The first-order chi connectivity index (χ1) is 14.1. The van der Waals surface area contributed by atoms with Gasteiger partial charge in [0.15, 0.2) is 11.5 Å². The fraction of sp³-hybridized carbons (Fsp3) is 0.429. The van der Waals surface area contributed by atoms with Gasteiger partial charge in [0.05, 0.1) is 30.4 Å². The number of sulfonamides is 1. The van der Waals surface area contributed by atoms with Gasteiger partial charge in [-0.05, 0) is 31.2 Å². The minimum Gasteiger partial charge on any atom is -0.492 e. The number of benzene rings is 2. The number of hydrogen-bond donors (Lipinski definition) is 0. The standard InChI is InChI=1S/C21H26N2O5S/c1-2-26-19-7-4-3-6-18(19)22-10-12-23(13-11-22)29(24,25)17-8-9-20-21(16-17)28-15-5-14-27-20/h3-4,6-9,16H,2,5,10-15H2,1H3. The van der Waals surface area contributed by atoms with Crippen LogP contribution in [0.5, 0.6) is 17.2 Å². The normalized spacial score (nSPS) is 17.6. The average Bonchev–Trinajstić information content (AvgIpc) is 2.99. The summed E-state index contributed by atoms with van der Waals surface area (Å²) in [6, 6.07) is 12.7. The van der Waals surface area contributed by atoms with Gasteiger partial charge in [0.1, 0.15) is 5.75 Å². The molecule has 2 aliphatic heterocycles. The van der Waals surface area contributed by atoms with Crippen molar-refractivity contribution in [2.24, 2.45) is 0 Å². The van der Waals surface area contributed by atoms with Crippen molar-refractivity contribution in [3.63, 3.8) is 0 Å². The molecule has 0 unspecified atom stereocenters. The second-order valence-electron chi connectivity index (χ2n) is 6.95. The van der Waals surface area contributed by atoms with Gasteiger partial charge in [-0.3, -0.25) is 0 Å². The zero-order chi connectivity index (χ0) is 20.3. The van der Waals surface area contributed by atoms with Crippen molar-refractivity contribution in [1.29, 1.82) is 0 Å². The molecule has 29 heavy (non-hydrogen) atoms. The number of ether oxygens (including phenoxy) is 3. The number of piperazine rings is 1. The lowest BCUT2D eigenvalue weighted by molar-refractivity contribution is 0.296. The van der Waals surface area contributed by atoms with E-state index in [2.05, 4.69) is 4.90 Å². The molecule has 0 N–H and O–H groups in total. The van der Waals surface area contributed by atoms with Crippen LogP contribution in [0.4, 0.5) is 5.69 Å². The Morgan fingerprint density at radius 3 is 2.45 bits per heavy atom. The molecule has 8 heteroatoms. The van der Waals surface area contributed by atoms with Crippen LogP contribution >= 0.6 is 0 Å².